The smallest absolute Gasteiger partial charge is 0.253 e. The topological polar surface area (TPSA) is 75.0 Å². The number of rotatable bonds is 2. The highest BCUT2D eigenvalue weighted by Crippen LogP contribution is 2.21. The van der Waals surface area contributed by atoms with Crippen molar-refractivity contribution < 1.29 is 4.79 Å². The molecule has 0 bridgehead atoms. The molecule has 2 aromatic rings. The van der Waals surface area contributed by atoms with Crippen molar-refractivity contribution in [3.63, 3.8) is 0 Å². The minimum absolute atomic E-state index is 0.0897. The van der Waals surface area contributed by atoms with Crippen molar-refractivity contribution >= 4 is 16.8 Å². The van der Waals surface area contributed by atoms with Gasteiger partial charge >= 0.3 is 0 Å². The van der Waals surface area contributed by atoms with Gasteiger partial charge in [-0.25, -0.2) is 0 Å². The van der Waals surface area contributed by atoms with Crippen molar-refractivity contribution in [1.82, 2.24) is 15.1 Å². The van der Waals surface area contributed by atoms with E-state index in [0.29, 0.717) is 11.5 Å². The summed E-state index contributed by atoms with van der Waals surface area (Å²) in [6, 6.07) is 5.82. The Morgan fingerprint density at radius 1 is 1.55 bits per heavy atom. The van der Waals surface area contributed by atoms with Crippen LogP contribution in [0.25, 0.3) is 10.9 Å². The van der Waals surface area contributed by atoms with Gasteiger partial charge in [0.1, 0.15) is 0 Å². The second-order valence-electron chi connectivity index (χ2n) is 5.68. The van der Waals surface area contributed by atoms with Crippen LogP contribution < -0.4 is 5.73 Å². The minimum Gasteiger partial charge on any atom is -0.338 e. The number of amides is 1. The molecule has 3 N–H and O–H groups in total. The van der Waals surface area contributed by atoms with E-state index in [1.807, 2.05) is 30.0 Å². The number of carbonyl (C=O) groups is 1. The average molecular weight is 272 g/mol. The minimum atomic E-state index is 0.0897. The third-order valence-corrected chi connectivity index (χ3v) is 4.18. The highest BCUT2D eigenvalue weighted by molar-refractivity contribution is 5.97. The summed E-state index contributed by atoms with van der Waals surface area (Å²) in [5.74, 6) is 0.496. The van der Waals surface area contributed by atoms with Crippen LogP contribution in [0, 0.1) is 5.92 Å². The lowest BCUT2D eigenvalue weighted by molar-refractivity contribution is 0.0661. The van der Waals surface area contributed by atoms with E-state index in [0.717, 1.165) is 36.8 Å². The van der Waals surface area contributed by atoms with Crippen LogP contribution in [0.5, 0.6) is 0 Å². The van der Waals surface area contributed by atoms with Crippen LogP contribution in [-0.2, 0) is 0 Å². The van der Waals surface area contributed by atoms with E-state index >= 15 is 0 Å². The maximum absolute atomic E-state index is 12.6. The number of H-pyrrole nitrogens is 1. The molecule has 5 heteroatoms. The highest BCUT2D eigenvalue weighted by atomic mass is 16.2. The molecule has 106 valence electrons. The van der Waals surface area contributed by atoms with Gasteiger partial charge in [0, 0.05) is 30.1 Å². The predicted molar refractivity (Wildman–Crippen MR) is 78.4 cm³/mol. The summed E-state index contributed by atoms with van der Waals surface area (Å²) in [5, 5.41) is 7.91. The van der Waals surface area contributed by atoms with Gasteiger partial charge in [-0.15, -0.1) is 0 Å². The van der Waals surface area contributed by atoms with E-state index in [1.54, 1.807) is 6.20 Å². The van der Waals surface area contributed by atoms with Crippen molar-refractivity contribution in [1.29, 1.82) is 0 Å². The van der Waals surface area contributed by atoms with Crippen LogP contribution in [0.15, 0.2) is 24.4 Å². The van der Waals surface area contributed by atoms with Crippen molar-refractivity contribution in [3.05, 3.63) is 30.0 Å². The zero-order valence-corrected chi connectivity index (χ0v) is 11.7. The van der Waals surface area contributed by atoms with Gasteiger partial charge in [0.2, 0.25) is 0 Å². The van der Waals surface area contributed by atoms with Crippen molar-refractivity contribution in [2.75, 3.05) is 13.1 Å². The van der Waals surface area contributed by atoms with E-state index in [2.05, 4.69) is 10.2 Å². The number of fused-ring (bicyclic) bond motifs is 1. The van der Waals surface area contributed by atoms with E-state index in [-0.39, 0.29) is 11.9 Å². The number of hydrogen-bond donors (Lipinski definition) is 2. The zero-order valence-electron chi connectivity index (χ0n) is 11.7. The van der Waals surface area contributed by atoms with Crippen LogP contribution in [-0.4, -0.2) is 40.1 Å². The molecule has 3 rings (SSSR count). The number of aromatic amines is 1. The molecule has 2 heterocycles. The second-order valence-corrected chi connectivity index (χ2v) is 5.68. The molecular weight excluding hydrogens is 252 g/mol. The lowest BCUT2D eigenvalue weighted by Gasteiger charge is -2.34. The third-order valence-electron chi connectivity index (χ3n) is 4.18. The molecule has 0 aliphatic carbocycles. The van der Waals surface area contributed by atoms with Gasteiger partial charge in [0.15, 0.2) is 0 Å². The molecule has 1 aliphatic rings. The molecule has 1 aromatic carbocycles. The van der Waals surface area contributed by atoms with E-state index in [4.69, 9.17) is 5.73 Å². The Morgan fingerprint density at radius 2 is 2.40 bits per heavy atom. The molecule has 1 fully saturated rings. The Balaban J connectivity index is 1.80. The number of aromatic nitrogens is 2. The molecule has 1 saturated heterocycles. The summed E-state index contributed by atoms with van der Waals surface area (Å²) in [4.78, 5) is 14.5. The number of piperidine rings is 1. The molecule has 1 aliphatic heterocycles. The van der Waals surface area contributed by atoms with E-state index in [1.165, 1.54) is 0 Å². The van der Waals surface area contributed by atoms with Gasteiger partial charge in [-0.2, -0.15) is 5.10 Å². The third kappa shape index (κ3) is 2.41. The lowest BCUT2D eigenvalue weighted by atomic mass is 9.92. The Bertz CT molecular complexity index is 619. The fourth-order valence-corrected chi connectivity index (χ4v) is 2.88. The molecule has 2 atom stereocenters. The van der Waals surface area contributed by atoms with Gasteiger partial charge in [-0.1, -0.05) is 6.07 Å². The maximum atomic E-state index is 12.6. The van der Waals surface area contributed by atoms with Crippen molar-refractivity contribution in [2.45, 2.75) is 25.8 Å². The van der Waals surface area contributed by atoms with Crippen molar-refractivity contribution in [2.24, 2.45) is 11.7 Å². The van der Waals surface area contributed by atoms with Crippen LogP contribution in [0.1, 0.15) is 30.1 Å². The number of carbonyl (C=O) groups excluding carboxylic acids is 1. The Hall–Kier alpha value is -1.88. The number of hydrogen-bond acceptors (Lipinski definition) is 3. The Kier molecular flexibility index (Phi) is 3.44. The second kappa shape index (κ2) is 5.25. The van der Waals surface area contributed by atoms with Crippen molar-refractivity contribution in [3.8, 4) is 0 Å². The van der Waals surface area contributed by atoms with Gasteiger partial charge in [0.05, 0.1) is 11.7 Å². The van der Waals surface area contributed by atoms with E-state index in [9.17, 15) is 4.79 Å². The normalized spacial score (nSPS) is 21.1. The first kappa shape index (κ1) is 13.1. The number of likely N-dealkylation sites (tertiary alicyclic amines) is 1. The number of nitrogens with zero attached hydrogens (tertiary/aromatic N) is 2. The van der Waals surface area contributed by atoms with Gasteiger partial charge in [0.25, 0.3) is 5.91 Å². The predicted octanol–water partition coefficient (Wildman–Crippen LogP) is 1.76. The zero-order chi connectivity index (χ0) is 14.1. The number of nitrogens with one attached hydrogen (secondary N) is 1. The first-order valence-corrected chi connectivity index (χ1v) is 7.13. The quantitative estimate of drug-likeness (QED) is 0.874. The summed E-state index contributed by atoms with van der Waals surface area (Å²) in [6.07, 6.45) is 3.90. The van der Waals surface area contributed by atoms with Crippen LogP contribution in [0.2, 0.25) is 0 Å². The molecular formula is C15H20N4O. The molecule has 2 unspecified atom stereocenters. The first-order chi connectivity index (χ1) is 9.65. The van der Waals surface area contributed by atoms with Gasteiger partial charge in [-0.05, 0) is 37.8 Å². The fraction of sp³-hybridized carbons (Fsp3) is 0.467. The van der Waals surface area contributed by atoms with Crippen LogP contribution in [0.4, 0.5) is 0 Å². The summed E-state index contributed by atoms with van der Waals surface area (Å²) < 4.78 is 0. The number of nitrogens with two attached hydrogens (primary N) is 1. The molecule has 1 aromatic heterocycles. The maximum Gasteiger partial charge on any atom is 0.253 e. The SMILES string of the molecule is CC(N)C1CCCN(C(=O)c2ccc3cn[nH]c3c2)C1. The molecule has 0 spiro atoms. The van der Waals surface area contributed by atoms with Crippen LogP contribution >= 0.6 is 0 Å². The van der Waals surface area contributed by atoms with E-state index < -0.39 is 0 Å². The molecule has 20 heavy (non-hydrogen) atoms. The lowest BCUT2D eigenvalue weighted by Crippen LogP contribution is -2.45. The molecule has 0 saturated carbocycles. The Morgan fingerprint density at radius 3 is 3.20 bits per heavy atom. The summed E-state index contributed by atoms with van der Waals surface area (Å²) >= 11 is 0. The molecule has 1 amide bonds. The van der Waals surface area contributed by atoms with Crippen LogP contribution in [0.3, 0.4) is 0 Å². The van der Waals surface area contributed by atoms with Gasteiger partial charge < -0.3 is 10.6 Å². The number of benzene rings is 1. The molecule has 0 radical (unpaired) electrons. The standard InChI is InChI=1S/C15H20N4O/c1-10(16)13-3-2-6-19(9-13)15(20)11-4-5-12-8-17-18-14(12)7-11/h4-5,7-8,10,13H,2-3,6,9,16H2,1H3,(H,17,18). The first-order valence-electron chi connectivity index (χ1n) is 7.13. The Labute approximate surface area is 118 Å². The largest absolute Gasteiger partial charge is 0.338 e. The monoisotopic (exact) mass is 272 g/mol. The summed E-state index contributed by atoms with van der Waals surface area (Å²) in [6.45, 7) is 3.61. The van der Waals surface area contributed by atoms with Gasteiger partial charge in [-0.3, -0.25) is 9.89 Å². The molecule has 5 nitrogen and oxygen atoms in total. The highest BCUT2D eigenvalue weighted by Gasteiger charge is 2.26. The summed E-state index contributed by atoms with van der Waals surface area (Å²) in [5.41, 5.74) is 7.59. The fourth-order valence-electron chi connectivity index (χ4n) is 2.88. The summed E-state index contributed by atoms with van der Waals surface area (Å²) in [7, 11) is 0. The average Bonchev–Trinajstić information content (AvgIpc) is 2.94.